The SMILES string of the molecule is Cc1ccc(-c2ccc([C@H](N[C@@H](CC(C)C)C(=O)NC3(C#N)CC3)C(F)(F)C(F)(F)F)cc2)cn1. The van der Waals surface area contributed by atoms with Gasteiger partial charge in [0.2, 0.25) is 5.91 Å². The number of hydrogen-bond acceptors (Lipinski definition) is 4. The Balaban J connectivity index is 1.94. The standard InChI is InChI=1S/C25H27F5N4O/c1-15(2)12-20(22(35)34-23(14-31)10-11-23)33-21(24(26,27)25(28,29)30)18-8-6-17(7-9-18)19-5-4-16(3)32-13-19/h4-9,13,15,20-21,33H,10-12H2,1-3H3,(H,34,35)/t20-,21-/m0/s1. The van der Waals surface area contributed by atoms with E-state index in [1.807, 2.05) is 6.07 Å². The van der Waals surface area contributed by atoms with E-state index in [0.29, 0.717) is 24.0 Å². The Kier molecular flexibility index (Phi) is 7.50. The molecule has 188 valence electrons. The molecule has 1 amide bonds. The maximum absolute atomic E-state index is 14.7. The Morgan fingerprint density at radius 2 is 1.69 bits per heavy atom. The van der Waals surface area contributed by atoms with Gasteiger partial charge in [-0.15, -0.1) is 0 Å². The highest BCUT2D eigenvalue weighted by molar-refractivity contribution is 5.83. The summed E-state index contributed by atoms with van der Waals surface area (Å²) in [5.74, 6) is -6.13. The summed E-state index contributed by atoms with van der Waals surface area (Å²) >= 11 is 0. The van der Waals surface area contributed by atoms with Gasteiger partial charge in [0, 0.05) is 17.5 Å². The number of hydrogen-bond donors (Lipinski definition) is 2. The van der Waals surface area contributed by atoms with Gasteiger partial charge in [-0.3, -0.25) is 15.1 Å². The van der Waals surface area contributed by atoms with E-state index < -0.39 is 35.6 Å². The first-order valence-electron chi connectivity index (χ1n) is 11.2. The zero-order chi connectivity index (χ0) is 26.0. The Bertz CT molecular complexity index is 1070. The number of amides is 1. The highest BCUT2D eigenvalue weighted by atomic mass is 19.4. The molecule has 2 atom stereocenters. The highest BCUT2D eigenvalue weighted by Crippen LogP contribution is 2.45. The van der Waals surface area contributed by atoms with Crippen LogP contribution in [0.4, 0.5) is 22.0 Å². The number of pyridine rings is 1. The van der Waals surface area contributed by atoms with E-state index in [0.717, 1.165) is 5.69 Å². The average Bonchev–Trinajstić information content (AvgIpc) is 3.56. The van der Waals surface area contributed by atoms with E-state index in [1.165, 1.54) is 24.3 Å². The van der Waals surface area contributed by atoms with Crippen molar-refractivity contribution in [2.75, 3.05) is 0 Å². The smallest absolute Gasteiger partial charge is 0.336 e. The third-order valence-corrected chi connectivity index (χ3v) is 5.95. The summed E-state index contributed by atoms with van der Waals surface area (Å²) in [5, 5.41) is 14.0. The number of carbonyl (C=O) groups excluding carboxylic acids is 1. The van der Waals surface area contributed by atoms with Crippen molar-refractivity contribution in [2.45, 2.75) is 69.8 Å². The van der Waals surface area contributed by atoms with Crippen LogP contribution >= 0.6 is 0 Å². The van der Waals surface area contributed by atoms with Crippen LogP contribution in [0.25, 0.3) is 11.1 Å². The van der Waals surface area contributed by atoms with Gasteiger partial charge in [0.15, 0.2) is 0 Å². The molecule has 1 aromatic heterocycles. The monoisotopic (exact) mass is 494 g/mol. The molecule has 1 aliphatic rings. The summed E-state index contributed by atoms with van der Waals surface area (Å²) < 4.78 is 69.9. The summed E-state index contributed by atoms with van der Waals surface area (Å²) in [6.07, 6.45) is -3.46. The van der Waals surface area contributed by atoms with Crippen molar-refractivity contribution in [3.05, 3.63) is 53.9 Å². The predicted octanol–water partition coefficient (Wildman–Crippen LogP) is 5.47. The second-order valence-corrected chi connectivity index (χ2v) is 9.40. The number of aromatic nitrogens is 1. The van der Waals surface area contributed by atoms with Gasteiger partial charge >= 0.3 is 12.1 Å². The van der Waals surface area contributed by atoms with Crippen LogP contribution in [0.1, 0.15) is 50.4 Å². The number of benzene rings is 1. The normalized spacial score (nSPS) is 16.9. The number of carbonyl (C=O) groups is 1. The van der Waals surface area contributed by atoms with E-state index >= 15 is 0 Å². The van der Waals surface area contributed by atoms with Gasteiger partial charge in [-0.25, -0.2) is 0 Å². The van der Waals surface area contributed by atoms with E-state index in [9.17, 15) is 32.0 Å². The Labute approximate surface area is 200 Å². The number of nitrogens with one attached hydrogen (secondary N) is 2. The summed E-state index contributed by atoms with van der Waals surface area (Å²) in [6.45, 7) is 5.24. The molecule has 1 saturated carbocycles. The summed E-state index contributed by atoms with van der Waals surface area (Å²) in [4.78, 5) is 17.0. The number of nitriles is 1. The van der Waals surface area contributed by atoms with Gasteiger partial charge in [0.25, 0.3) is 0 Å². The summed E-state index contributed by atoms with van der Waals surface area (Å²) in [5.41, 5.74) is 0.645. The first-order chi connectivity index (χ1) is 16.3. The van der Waals surface area contributed by atoms with Crippen LogP contribution in [0.15, 0.2) is 42.6 Å². The van der Waals surface area contributed by atoms with Gasteiger partial charge in [-0.05, 0) is 49.3 Å². The highest BCUT2D eigenvalue weighted by Gasteiger charge is 2.63. The van der Waals surface area contributed by atoms with Crippen molar-refractivity contribution in [1.29, 1.82) is 5.26 Å². The predicted molar refractivity (Wildman–Crippen MR) is 120 cm³/mol. The number of nitrogens with zero attached hydrogens (tertiary/aromatic N) is 2. The van der Waals surface area contributed by atoms with Gasteiger partial charge in [-0.2, -0.15) is 27.2 Å². The Hall–Kier alpha value is -3.06. The molecular formula is C25H27F5N4O. The van der Waals surface area contributed by atoms with Crippen LogP contribution in [0.3, 0.4) is 0 Å². The van der Waals surface area contributed by atoms with Crippen molar-refractivity contribution in [1.82, 2.24) is 15.6 Å². The number of alkyl halides is 5. The fourth-order valence-corrected chi connectivity index (χ4v) is 3.72. The molecular weight excluding hydrogens is 467 g/mol. The van der Waals surface area contributed by atoms with Gasteiger partial charge < -0.3 is 5.32 Å². The Morgan fingerprint density at radius 1 is 1.09 bits per heavy atom. The van der Waals surface area contributed by atoms with Gasteiger partial charge in [0.05, 0.1) is 12.1 Å². The number of aryl methyl sites for hydroxylation is 1. The molecule has 1 heterocycles. The second-order valence-electron chi connectivity index (χ2n) is 9.40. The lowest BCUT2D eigenvalue weighted by molar-refractivity contribution is -0.295. The molecule has 0 saturated heterocycles. The van der Waals surface area contributed by atoms with Crippen molar-refractivity contribution < 1.29 is 26.7 Å². The lowest BCUT2D eigenvalue weighted by atomic mass is 9.94. The van der Waals surface area contributed by atoms with Crippen LogP contribution in [-0.2, 0) is 4.79 Å². The fourth-order valence-electron chi connectivity index (χ4n) is 3.72. The molecule has 3 rings (SSSR count). The van der Waals surface area contributed by atoms with Gasteiger partial charge in [0.1, 0.15) is 11.6 Å². The minimum absolute atomic E-state index is 0.00486. The quantitative estimate of drug-likeness (QED) is 0.453. The molecule has 1 aliphatic carbocycles. The molecule has 10 heteroatoms. The second kappa shape index (κ2) is 9.90. The lowest BCUT2D eigenvalue weighted by Crippen LogP contribution is -2.55. The number of halogens is 5. The maximum atomic E-state index is 14.7. The van der Waals surface area contributed by atoms with Crippen molar-refractivity contribution in [3.8, 4) is 17.2 Å². The molecule has 0 radical (unpaired) electrons. The summed E-state index contributed by atoms with van der Waals surface area (Å²) in [7, 11) is 0. The lowest BCUT2D eigenvalue weighted by Gasteiger charge is -2.33. The largest absolute Gasteiger partial charge is 0.455 e. The maximum Gasteiger partial charge on any atom is 0.455 e. The molecule has 1 aromatic carbocycles. The van der Waals surface area contributed by atoms with E-state index in [-0.39, 0.29) is 17.9 Å². The zero-order valence-corrected chi connectivity index (χ0v) is 19.6. The van der Waals surface area contributed by atoms with E-state index in [4.69, 9.17) is 0 Å². The molecule has 0 aliphatic heterocycles. The van der Waals surface area contributed by atoms with Crippen molar-refractivity contribution >= 4 is 5.91 Å². The third-order valence-electron chi connectivity index (χ3n) is 5.95. The minimum Gasteiger partial charge on any atom is -0.336 e. The molecule has 0 spiro atoms. The van der Waals surface area contributed by atoms with E-state index in [2.05, 4.69) is 15.6 Å². The zero-order valence-electron chi connectivity index (χ0n) is 19.6. The molecule has 5 nitrogen and oxygen atoms in total. The molecule has 0 unspecified atom stereocenters. The topological polar surface area (TPSA) is 77.8 Å². The van der Waals surface area contributed by atoms with Crippen molar-refractivity contribution in [2.24, 2.45) is 5.92 Å². The van der Waals surface area contributed by atoms with Crippen LogP contribution in [-0.4, -0.2) is 34.6 Å². The Morgan fingerprint density at radius 3 is 2.14 bits per heavy atom. The molecule has 2 aromatic rings. The average molecular weight is 495 g/mol. The third kappa shape index (κ3) is 6.14. The van der Waals surface area contributed by atoms with Gasteiger partial charge in [-0.1, -0.05) is 44.2 Å². The minimum atomic E-state index is -5.85. The van der Waals surface area contributed by atoms with Crippen LogP contribution < -0.4 is 10.6 Å². The first kappa shape index (κ1) is 26.5. The molecule has 0 bridgehead atoms. The fraction of sp³-hybridized carbons (Fsp3) is 0.480. The van der Waals surface area contributed by atoms with Crippen LogP contribution in [0.2, 0.25) is 0 Å². The van der Waals surface area contributed by atoms with Crippen LogP contribution in [0.5, 0.6) is 0 Å². The van der Waals surface area contributed by atoms with E-state index in [1.54, 1.807) is 39.1 Å². The van der Waals surface area contributed by atoms with Crippen LogP contribution in [0, 0.1) is 24.2 Å². The molecule has 1 fully saturated rings. The number of rotatable bonds is 9. The molecule has 35 heavy (non-hydrogen) atoms. The first-order valence-corrected chi connectivity index (χ1v) is 11.2. The summed E-state index contributed by atoms with van der Waals surface area (Å²) in [6, 6.07) is 6.87. The van der Waals surface area contributed by atoms with Crippen molar-refractivity contribution in [3.63, 3.8) is 0 Å². The molecule has 2 N–H and O–H groups in total.